The van der Waals surface area contributed by atoms with E-state index in [9.17, 15) is 4.79 Å². The number of rotatable bonds is 3. The molecule has 21 heavy (non-hydrogen) atoms. The molecule has 0 saturated carbocycles. The van der Waals surface area contributed by atoms with Crippen LogP contribution in [0.15, 0.2) is 42.5 Å². The van der Waals surface area contributed by atoms with Crippen LogP contribution in [-0.4, -0.2) is 18.7 Å². The Balaban J connectivity index is 2.38. The molecule has 0 bridgehead atoms. The molecule has 0 aliphatic heterocycles. The van der Waals surface area contributed by atoms with Crippen LogP contribution in [0.5, 0.6) is 5.75 Å². The maximum atomic E-state index is 11.8. The van der Waals surface area contributed by atoms with Gasteiger partial charge in [0.2, 0.25) is 0 Å². The Bertz CT molecular complexity index is 678. The van der Waals surface area contributed by atoms with Crippen molar-refractivity contribution in [3.8, 4) is 5.75 Å². The average molecular weight is 284 g/mol. The highest BCUT2D eigenvalue weighted by atomic mass is 16.6. The normalized spacial score (nSPS) is 11.8. The third kappa shape index (κ3) is 3.85. The highest BCUT2D eigenvalue weighted by Crippen LogP contribution is 2.29. The fraction of sp³-hybridized carbons (Fsp3) is 0.278. The van der Waals surface area contributed by atoms with Crippen molar-refractivity contribution in [2.24, 2.45) is 0 Å². The van der Waals surface area contributed by atoms with Gasteiger partial charge in [-0.15, -0.1) is 0 Å². The van der Waals surface area contributed by atoms with Crippen LogP contribution in [0.4, 0.5) is 0 Å². The van der Waals surface area contributed by atoms with E-state index in [2.05, 4.69) is 0 Å². The van der Waals surface area contributed by atoms with Crippen LogP contribution in [0.2, 0.25) is 0 Å². The Morgan fingerprint density at radius 3 is 2.48 bits per heavy atom. The van der Waals surface area contributed by atoms with Gasteiger partial charge in [0.05, 0.1) is 7.11 Å². The maximum absolute atomic E-state index is 11.8. The van der Waals surface area contributed by atoms with Crippen molar-refractivity contribution < 1.29 is 14.3 Å². The minimum absolute atomic E-state index is 0.363. The first-order valence-corrected chi connectivity index (χ1v) is 6.87. The molecule has 2 rings (SSSR count). The third-order valence-electron chi connectivity index (χ3n) is 2.94. The number of benzene rings is 2. The van der Waals surface area contributed by atoms with Gasteiger partial charge in [0, 0.05) is 11.6 Å². The zero-order chi connectivity index (χ0) is 15.5. The number of ether oxygens (including phenoxy) is 2. The van der Waals surface area contributed by atoms with Crippen molar-refractivity contribution in [2.75, 3.05) is 7.11 Å². The first kappa shape index (κ1) is 15.1. The van der Waals surface area contributed by atoms with Gasteiger partial charge < -0.3 is 9.47 Å². The molecule has 0 aromatic heterocycles. The summed E-state index contributed by atoms with van der Waals surface area (Å²) < 4.78 is 10.7. The van der Waals surface area contributed by atoms with Crippen LogP contribution in [0.1, 0.15) is 26.3 Å². The summed E-state index contributed by atoms with van der Waals surface area (Å²) in [6.45, 7) is 5.53. The fourth-order valence-electron chi connectivity index (χ4n) is 2.11. The first-order valence-electron chi connectivity index (χ1n) is 6.87. The van der Waals surface area contributed by atoms with E-state index in [0.29, 0.717) is 0 Å². The topological polar surface area (TPSA) is 35.5 Å². The molecule has 0 fully saturated rings. The van der Waals surface area contributed by atoms with Crippen molar-refractivity contribution in [1.29, 1.82) is 0 Å². The summed E-state index contributed by atoms with van der Waals surface area (Å²) in [5.41, 5.74) is 0.381. The number of fused-ring (bicyclic) bond motifs is 1. The van der Waals surface area contributed by atoms with Crippen molar-refractivity contribution in [3.05, 3.63) is 48.0 Å². The van der Waals surface area contributed by atoms with Gasteiger partial charge >= 0.3 is 5.97 Å². The number of hydrogen-bond donors (Lipinski definition) is 0. The minimum atomic E-state index is -0.496. The summed E-state index contributed by atoms with van der Waals surface area (Å²) in [7, 11) is 1.62. The van der Waals surface area contributed by atoms with Gasteiger partial charge in [0.25, 0.3) is 0 Å². The van der Waals surface area contributed by atoms with Gasteiger partial charge in [-0.25, -0.2) is 4.79 Å². The van der Waals surface area contributed by atoms with Crippen LogP contribution < -0.4 is 4.74 Å². The van der Waals surface area contributed by atoms with Crippen molar-refractivity contribution in [3.63, 3.8) is 0 Å². The van der Waals surface area contributed by atoms with Gasteiger partial charge in [-0.2, -0.15) is 0 Å². The first-order chi connectivity index (χ1) is 9.90. The molecule has 0 aliphatic rings. The number of carbonyl (C=O) groups excluding carboxylic acids is 1. The Labute approximate surface area is 125 Å². The Kier molecular flexibility index (Phi) is 4.32. The molecule has 0 saturated heterocycles. The highest BCUT2D eigenvalue weighted by Gasteiger charge is 2.14. The van der Waals surface area contributed by atoms with Crippen molar-refractivity contribution in [1.82, 2.24) is 0 Å². The molecule has 0 unspecified atom stereocenters. The van der Waals surface area contributed by atoms with E-state index < -0.39 is 5.60 Å². The summed E-state index contributed by atoms with van der Waals surface area (Å²) in [4.78, 5) is 11.8. The third-order valence-corrected chi connectivity index (χ3v) is 2.94. The Morgan fingerprint density at radius 1 is 1.10 bits per heavy atom. The molecule has 0 atom stereocenters. The lowest BCUT2D eigenvalue weighted by molar-refractivity contribution is -0.148. The van der Waals surface area contributed by atoms with Crippen LogP contribution >= 0.6 is 0 Å². The molecule has 0 heterocycles. The van der Waals surface area contributed by atoms with Crippen LogP contribution in [0.25, 0.3) is 16.8 Å². The molecule has 0 amide bonds. The molecule has 0 spiro atoms. The molecular formula is C18H20O3. The molecule has 0 radical (unpaired) electrons. The monoisotopic (exact) mass is 284 g/mol. The van der Waals surface area contributed by atoms with E-state index in [1.54, 1.807) is 13.2 Å². The largest absolute Gasteiger partial charge is 0.496 e. The lowest BCUT2D eigenvalue weighted by Gasteiger charge is -2.18. The van der Waals surface area contributed by atoms with Crippen LogP contribution in [-0.2, 0) is 9.53 Å². The van der Waals surface area contributed by atoms with Gasteiger partial charge in [-0.1, -0.05) is 30.3 Å². The minimum Gasteiger partial charge on any atom is -0.496 e. The lowest BCUT2D eigenvalue weighted by atomic mass is 10.0. The average Bonchev–Trinajstić information content (AvgIpc) is 2.42. The Hall–Kier alpha value is -2.29. The second-order valence-electron chi connectivity index (χ2n) is 5.77. The Morgan fingerprint density at radius 2 is 1.81 bits per heavy atom. The standard InChI is InChI=1S/C18H20O3/c1-18(2,3)21-17(19)12-10-15-14-8-6-5-7-13(14)9-11-16(15)20-4/h5-12H,1-4H3/b12-10+. The quantitative estimate of drug-likeness (QED) is 0.626. The number of methoxy groups -OCH3 is 1. The van der Waals surface area contributed by atoms with Crippen molar-refractivity contribution in [2.45, 2.75) is 26.4 Å². The summed E-state index contributed by atoms with van der Waals surface area (Å²) in [5, 5.41) is 2.14. The molecule has 2 aromatic rings. The van der Waals surface area contributed by atoms with Crippen molar-refractivity contribution >= 4 is 22.8 Å². The highest BCUT2D eigenvalue weighted by molar-refractivity contribution is 5.96. The molecule has 0 N–H and O–H groups in total. The summed E-state index contributed by atoms with van der Waals surface area (Å²) in [6, 6.07) is 11.9. The zero-order valence-corrected chi connectivity index (χ0v) is 12.8. The van der Waals surface area contributed by atoms with E-state index in [-0.39, 0.29) is 5.97 Å². The van der Waals surface area contributed by atoms with Crippen LogP contribution in [0.3, 0.4) is 0 Å². The van der Waals surface area contributed by atoms with E-state index in [1.807, 2.05) is 57.2 Å². The molecule has 3 nitrogen and oxygen atoms in total. The van der Waals surface area contributed by atoms with Gasteiger partial charge in [0.1, 0.15) is 11.4 Å². The van der Waals surface area contributed by atoms with Crippen LogP contribution in [0, 0.1) is 0 Å². The van der Waals surface area contributed by atoms with E-state index in [1.165, 1.54) is 6.08 Å². The SMILES string of the molecule is COc1ccc2ccccc2c1/C=C/C(=O)OC(C)(C)C. The fourth-order valence-corrected chi connectivity index (χ4v) is 2.11. The second-order valence-corrected chi connectivity index (χ2v) is 5.77. The smallest absolute Gasteiger partial charge is 0.331 e. The van der Waals surface area contributed by atoms with Gasteiger partial charge in [-0.3, -0.25) is 0 Å². The second kappa shape index (κ2) is 6.00. The number of hydrogen-bond acceptors (Lipinski definition) is 3. The molecule has 0 aliphatic carbocycles. The van der Waals surface area contributed by atoms with E-state index in [4.69, 9.17) is 9.47 Å². The van der Waals surface area contributed by atoms with Gasteiger partial charge in [0.15, 0.2) is 0 Å². The van der Waals surface area contributed by atoms with E-state index >= 15 is 0 Å². The summed E-state index contributed by atoms with van der Waals surface area (Å²) >= 11 is 0. The summed E-state index contributed by atoms with van der Waals surface area (Å²) in [6.07, 6.45) is 3.19. The number of carbonyl (C=O) groups is 1. The summed E-state index contributed by atoms with van der Waals surface area (Å²) in [5.74, 6) is 0.367. The van der Waals surface area contributed by atoms with Gasteiger partial charge in [-0.05, 0) is 43.7 Å². The molecule has 110 valence electrons. The van der Waals surface area contributed by atoms with E-state index in [0.717, 1.165) is 22.1 Å². The molecular weight excluding hydrogens is 264 g/mol. The lowest BCUT2D eigenvalue weighted by Crippen LogP contribution is -2.22. The predicted molar refractivity (Wildman–Crippen MR) is 85.4 cm³/mol. The zero-order valence-electron chi connectivity index (χ0n) is 12.8. The molecule has 3 heteroatoms. The maximum Gasteiger partial charge on any atom is 0.331 e. The predicted octanol–water partition coefficient (Wildman–Crippen LogP) is 4.20. The molecule has 2 aromatic carbocycles. The number of esters is 1.